The molecule has 1 aromatic carbocycles. The largest absolute Gasteiger partial charge is 0.484 e. The Morgan fingerprint density at radius 2 is 1.92 bits per heavy atom. The van der Waals surface area contributed by atoms with Crippen LogP contribution in [0.15, 0.2) is 24.3 Å². The Labute approximate surface area is 162 Å². The Balaban J connectivity index is 1.30. The molecule has 5 rings (SSSR count). The zero-order valence-electron chi connectivity index (χ0n) is 15.0. The van der Waals surface area contributed by atoms with Crippen molar-refractivity contribution in [3.63, 3.8) is 0 Å². The monoisotopic (exact) mass is 420 g/mol. The molecular formula is C20H25BrN2O3. The van der Waals surface area contributed by atoms with E-state index in [2.05, 4.69) is 26.8 Å². The molecule has 1 aromatic rings. The van der Waals surface area contributed by atoms with E-state index in [1.165, 1.54) is 19.3 Å². The Hall–Kier alpha value is -1.56. The van der Waals surface area contributed by atoms with Gasteiger partial charge in [-0.3, -0.25) is 20.4 Å². The number of ether oxygens (including phenoxy) is 1. The van der Waals surface area contributed by atoms with Gasteiger partial charge in [0, 0.05) is 4.32 Å². The first-order valence-corrected chi connectivity index (χ1v) is 10.1. The molecule has 0 radical (unpaired) electrons. The van der Waals surface area contributed by atoms with Crippen LogP contribution in [0.2, 0.25) is 0 Å². The first-order chi connectivity index (χ1) is 12.4. The van der Waals surface area contributed by atoms with Crippen molar-refractivity contribution >= 4 is 27.7 Å². The minimum atomic E-state index is -0.349. The normalized spacial score (nSPS) is 34.4. The third kappa shape index (κ3) is 3.48. The maximum Gasteiger partial charge on any atom is 0.276 e. The van der Waals surface area contributed by atoms with Crippen molar-refractivity contribution < 1.29 is 14.3 Å². The van der Waals surface area contributed by atoms with Gasteiger partial charge >= 0.3 is 0 Å². The summed E-state index contributed by atoms with van der Waals surface area (Å²) >= 11 is 3.91. The summed E-state index contributed by atoms with van der Waals surface area (Å²) in [7, 11) is 0. The van der Waals surface area contributed by atoms with E-state index in [4.69, 9.17) is 4.74 Å². The quantitative estimate of drug-likeness (QED) is 0.580. The van der Waals surface area contributed by atoms with E-state index in [1.54, 1.807) is 0 Å². The van der Waals surface area contributed by atoms with Crippen LogP contribution in [0.25, 0.3) is 0 Å². The highest BCUT2D eigenvalue weighted by molar-refractivity contribution is 9.10. The van der Waals surface area contributed by atoms with Crippen LogP contribution < -0.4 is 15.6 Å². The zero-order chi connectivity index (χ0) is 18.4. The fourth-order valence-corrected chi connectivity index (χ4v) is 7.02. The molecule has 2 atom stereocenters. The van der Waals surface area contributed by atoms with Gasteiger partial charge in [-0.25, -0.2) is 0 Å². The third-order valence-corrected chi connectivity index (χ3v) is 7.07. The number of hydrazine groups is 1. The van der Waals surface area contributed by atoms with Crippen LogP contribution in [0.4, 0.5) is 0 Å². The molecule has 2 unspecified atom stereocenters. The molecule has 0 saturated heterocycles. The number of amides is 2. The van der Waals surface area contributed by atoms with Crippen LogP contribution >= 0.6 is 15.9 Å². The van der Waals surface area contributed by atoms with Gasteiger partial charge < -0.3 is 4.74 Å². The SMILES string of the molecule is Cc1cccc(OCC(=O)NNC(=O)C23CC4CC(CC(Br)(C4)C2)C3)c1. The van der Waals surface area contributed by atoms with E-state index in [0.29, 0.717) is 17.6 Å². The van der Waals surface area contributed by atoms with Gasteiger partial charge in [0.15, 0.2) is 6.61 Å². The number of benzene rings is 1. The summed E-state index contributed by atoms with van der Waals surface area (Å²) in [6.07, 6.45) is 6.36. The number of carbonyl (C=O) groups excluding carboxylic acids is 2. The molecule has 0 spiro atoms. The zero-order valence-corrected chi connectivity index (χ0v) is 16.6. The predicted molar refractivity (Wildman–Crippen MR) is 102 cm³/mol. The third-order valence-electron chi connectivity index (χ3n) is 6.15. The van der Waals surface area contributed by atoms with Gasteiger partial charge in [-0.1, -0.05) is 28.1 Å². The van der Waals surface area contributed by atoms with Gasteiger partial charge in [-0.15, -0.1) is 0 Å². The fraction of sp³-hybridized carbons (Fsp3) is 0.600. The topological polar surface area (TPSA) is 67.4 Å². The lowest BCUT2D eigenvalue weighted by Crippen LogP contribution is -2.60. The van der Waals surface area contributed by atoms with Gasteiger partial charge in [-0.2, -0.15) is 0 Å². The number of alkyl halides is 1. The smallest absolute Gasteiger partial charge is 0.276 e. The van der Waals surface area contributed by atoms with Gasteiger partial charge in [0.2, 0.25) is 5.91 Å². The second kappa shape index (κ2) is 6.55. The van der Waals surface area contributed by atoms with E-state index in [9.17, 15) is 9.59 Å². The molecular weight excluding hydrogens is 396 g/mol. The van der Waals surface area contributed by atoms with Gasteiger partial charge in [0.25, 0.3) is 5.91 Å². The van der Waals surface area contributed by atoms with Crippen LogP contribution in [-0.4, -0.2) is 22.7 Å². The van der Waals surface area contributed by atoms with Crippen molar-refractivity contribution in [1.29, 1.82) is 0 Å². The minimum absolute atomic E-state index is 0.0423. The standard InChI is InChI=1S/C20H25BrN2O3/c1-13-3-2-4-16(5-13)26-11-17(24)22-23-18(25)19-7-14-6-15(8-19)10-20(21,9-14)12-19/h2-5,14-15H,6-12H2,1H3,(H,22,24)(H,23,25). The molecule has 0 heterocycles. The molecule has 2 amide bonds. The molecule has 5 nitrogen and oxygen atoms in total. The maximum absolute atomic E-state index is 12.9. The number of hydrogen-bond acceptors (Lipinski definition) is 3. The van der Waals surface area contributed by atoms with E-state index < -0.39 is 0 Å². The van der Waals surface area contributed by atoms with E-state index in [0.717, 1.165) is 24.8 Å². The highest BCUT2D eigenvalue weighted by Crippen LogP contribution is 2.64. The number of hydrogen-bond donors (Lipinski definition) is 2. The van der Waals surface area contributed by atoms with Crippen LogP contribution in [0.5, 0.6) is 5.75 Å². The van der Waals surface area contributed by atoms with Crippen molar-refractivity contribution in [2.75, 3.05) is 6.61 Å². The second-order valence-electron chi connectivity index (χ2n) is 8.50. The Bertz CT molecular complexity index is 722. The number of carbonyl (C=O) groups is 2. The summed E-state index contributed by atoms with van der Waals surface area (Å²) in [6.45, 7) is 1.85. The number of rotatable bonds is 4. The molecule has 140 valence electrons. The summed E-state index contributed by atoms with van der Waals surface area (Å²) in [6, 6.07) is 7.53. The van der Waals surface area contributed by atoms with E-state index in [-0.39, 0.29) is 28.2 Å². The summed E-state index contributed by atoms with van der Waals surface area (Å²) in [5.41, 5.74) is 5.93. The number of halogens is 1. The summed E-state index contributed by atoms with van der Waals surface area (Å²) < 4.78 is 5.59. The van der Waals surface area contributed by atoms with Crippen LogP contribution in [0, 0.1) is 24.2 Å². The summed E-state index contributed by atoms with van der Waals surface area (Å²) in [4.78, 5) is 24.9. The number of aryl methyl sites for hydroxylation is 1. The molecule has 4 aliphatic carbocycles. The summed E-state index contributed by atoms with van der Waals surface area (Å²) in [5, 5.41) is 0. The Morgan fingerprint density at radius 1 is 1.19 bits per heavy atom. The van der Waals surface area contributed by atoms with Gasteiger partial charge in [0.05, 0.1) is 5.41 Å². The van der Waals surface area contributed by atoms with Gasteiger partial charge in [-0.05, 0) is 75.0 Å². The fourth-order valence-electron chi connectivity index (χ4n) is 5.57. The van der Waals surface area contributed by atoms with Gasteiger partial charge in [0.1, 0.15) is 5.75 Å². The average Bonchev–Trinajstić information content (AvgIpc) is 2.55. The highest BCUT2D eigenvalue weighted by atomic mass is 79.9. The van der Waals surface area contributed by atoms with Crippen molar-refractivity contribution in [3.05, 3.63) is 29.8 Å². The van der Waals surface area contributed by atoms with Crippen LogP contribution in [0.3, 0.4) is 0 Å². The lowest BCUT2D eigenvalue weighted by Gasteiger charge is -2.59. The molecule has 2 N–H and O–H groups in total. The van der Waals surface area contributed by atoms with Crippen LogP contribution in [-0.2, 0) is 9.59 Å². The van der Waals surface area contributed by atoms with Crippen molar-refractivity contribution in [2.45, 2.75) is 49.8 Å². The maximum atomic E-state index is 12.9. The van der Waals surface area contributed by atoms with E-state index >= 15 is 0 Å². The van der Waals surface area contributed by atoms with Crippen molar-refractivity contribution in [2.24, 2.45) is 17.3 Å². The minimum Gasteiger partial charge on any atom is -0.484 e. The number of nitrogens with one attached hydrogen (secondary N) is 2. The molecule has 4 fully saturated rings. The molecule has 6 heteroatoms. The summed E-state index contributed by atoms with van der Waals surface area (Å²) in [5.74, 6) is 1.51. The lowest BCUT2D eigenvalue weighted by molar-refractivity contribution is -0.147. The highest BCUT2D eigenvalue weighted by Gasteiger charge is 2.59. The lowest BCUT2D eigenvalue weighted by atomic mass is 9.49. The molecule has 4 bridgehead atoms. The van der Waals surface area contributed by atoms with Crippen LogP contribution in [0.1, 0.15) is 44.1 Å². The van der Waals surface area contributed by atoms with E-state index in [1.807, 2.05) is 31.2 Å². The first-order valence-electron chi connectivity index (χ1n) is 9.34. The predicted octanol–water partition coefficient (Wildman–Crippen LogP) is 3.26. The first kappa shape index (κ1) is 17.8. The molecule has 0 aromatic heterocycles. The second-order valence-corrected chi connectivity index (χ2v) is 10.2. The Morgan fingerprint density at radius 3 is 2.58 bits per heavy atom. The van der Waals surface area contributed by atoms with Crippen molar-refractivity contribution in [1.82, 2.24) is 10.9 Å². The molecule has 0 aliphatic heterocycles. The molecule has 4 saturated carbocycles. The Kier molecular flexibility index (Phi) is 4.49. The average molecular weight is 421 g/mol. The molecule has 26 heavy (non-hydrogen) atoms. The molecule has 4 aliphatic rings. The van der Waals surface area contributed by atoms with Crippen molar-refractivity contribution in [3.8, 4) is 5.75 Å².